The standard InChI is InChI=1S/C14H17IN2O.C2HF3O2/c15-11-6-12-8-16-9-17(12)13(7-11)14(18)10-4-2-1-3-5-10;3-2(4,5)1(6)7/h6-10,14,18H,1-5H2;(H,6,7). The van der Waals surface area contributed by atoms with Gasteiger partial charge in [-0.2, -0.15) is 13.2 Å². The van der Waals surface area contributed by atoms with Gasteiger partial charge in [0.05, 0.1) is 29.8 Å². The Bertz CT molecular complexity index is 727. The Balaban J connectivity index is 0.000000277. The minimum atomic E-state index is -5.08. The van der Waals surface area contributed by atoms with Gasteiger partial charge in [-0.1, -0.05) is 19.3 Å². The molecule has 1 fully saturated rings. The quantitative estimate of drug-likeness (QED) is 0.646. The van der Waals surface area contributed by atoms with E-state index in [1.165, 1.54) is 19.3 Å². The van der Waals surface area contributed by atoms with Crippen LogP contribution in [0.3, 0.4) is 0 Å². The zero-order valence-corrected chi connectivity index (χ0v) is 15.4. The highest BCUT2D eigenvalue weighted by Gasteiger charge is 2.38. The van der Waals surface area contributed by atoms with Crippen LogP contribution >= 0.6 is 22.6 Å². The van der Waals surface area contributed by atoms with Crippen LogP contribution in [0.5, 0.6) is 0 Å². The van der Waals surface area contributed by atoms with Gasteiger partial charge in [0.15, 0.2) is 0 Å². The fourth-order valence-corrected chi connectivity index (χ4v) is 3.58. The van der Waals surface area contributed by atoms with Crippen LogP contribution < -0.4 is 0 Å². The molecule has 0 bridgehead atoms. The zero-order valence-electron chi connectivity index (χ0n) is 13.2. The molecular weight excluding hydrogens is 452 g/mol. The second-order valence-electron chi connectivity index (χ2n) is 5.93. The minimum Gasteiger partial charge on any atom is -0.475 e. The number of carbonyl (C=O) groups is 1. The summed E-state index contributed by atoms with van der Waals surface area (Å²) >= 11 is 2.30. The number of imidazole rings is 1. The zero-order chi connectivity index (χ0) is 18.6. The first-order valence-electron chi connectivity index (χ1n) is 7.80. The SMILES string of the molecule is O=C(O)C(F)(F)F.OC(c1cc(I)cc2cncn12)C1CCCCC1. The van der Waals surface area contributed by atoms with Crippen LogP contribution in [0, 0.1) is 9.49 Å². The number of hydrogen-bond acceptors (Lipinski definition) is 3. The summed E-state index contributed by atoms with van der Waals surface area (Å²) in [6.45, 7) is 0. The van der Waals surface area contributed by atoms with Crippen LogP contribution in [0.15, 0.2) is 24.7 Å². The van der Waals surface area contributed by atoms with Crippen molar-refractivity contribution in [3.8, 4) is 0 Å². The lowest BCUT2D eigenvalue weighted by Gasteiger charge is -2.27. The number of halogens is 4. The van der Waals surface area contributed by atoms with Crippen LogP contribution in [0.25, 0.3) is 5.52 Å². The predicted octanol–water partition coefficient (Wildman–Crippen LogP) is 4.19. The number of aliphatic hydroxyl groups is 1. The highest BCUT2D eigenvalue weighted by atomic mass is 127. The van der Waals surface area contributed by atoms with Gasteiger partial charge in [0, 0.05) is 3.57 Å². The molecule has 1 unspecified atom stereocenters. The van der Waals surface area contributed by atoms with Crippen molar-refractivity contribution >= 4 is 34.1 Å². The van der Waals surface area contributed by atoms with Gasteiger partial charge < -0.3 is 14.6 Å². The summed E-state index contributed by atoms with van der Waals surface area (Å²) in [6, 6.07) is 4.17. The number of carboxylic acid groups (broad SMARTS) is 1. The molecule has 2 aromatic rings. The monoisotopic (exact) mass is 470 g/mol. The van der Waals surface area contributed by atoms with E-state index < -0.39 is 12.1 Å². The first-order valence-corrected chi connectivity index (χ1v) is 8.87. The number of pyridine rings is 1. The van der Waals surface area contributed by atoms with Gasteiger partial charge in [-0.15, -0.1) is 0 Å². The second kappa shape index (κ2) is 8.35. The highest BCUT2D eigenvalue weighted by Crippen LogP contribution is 2.35. The number of aliphatic carboxylic acids is 1. The van der Waals surface area contributed by atoms with Crippen molar-refractivity contribution in [3.05, 3.63) is 33.9 Å². The summed E-state index contributed by atoms with van der Waals surface area (Å²) in [7, 11) is 0. The molecule has 0 amide bonds. The highest BCUT2D eigenvalue weighted by molar-refractivity contribution is 14.1. The molecule has 9 heteroatoms. The maximum atomic E-state index is 10.6. The summed E-state index contributed by atoms with van der Waals surface area (Å²) in [4.78, 5) is 13.1. The summed E-state index contributed by atoms with van der Waals surface area (Å²) in [5.41, 5.74) is 2.05. The molecule has 0 aromatic carbocycles. The van der Waals surface area contributed by atoms with Crippen molar-refractivity contribution in [2.45, 2.75) is 44.4 Å². The molecule has 1 saturated carbocycles. The minimum absolute atomic E-state index is 0.364. The Morgan fingerprint density at radius 1 is 1.28 bits per heavy atom. The Labute approximate surface area is 156 Å². The Kier molecular flexibility index (Phi) is 6.66. The third-order valence-corrected chi connectivity index (χ3v) is 4.78. The van der Waals surface area contributed by atoms with Crippen LogP contribution in [0.1, 0.15) is 43.9 Å². The maximum Gasteiger partial charge on any atom is 0.490 e. The van der Waals surface area contributed by atoms with E-state index in [1.54, 1.807) is 6.33 Å². The van der Waals surface area contributed by atoms with E-state index in [4.69, 9.17) is 9.90 Å². The van der Waals surface area contributed by atoms with E-state index in [2.05, 4.69) is 39.7 Å². The Hall–Kier alpha value is -1.36. The van der Waals surface area contributed by atoms with Crippen molar-refractivity contribution in [2.75, 3.05) is 0 Å². The van der Waals surface area contributed by atoms with E-state index in [0.717, 1.165) is 27.6 Å². The molecule has 25 heavy (non-hydrogen) atoms. The van der Waals surface area contributed by atoms with Gasteiger partial charge >= 0.3 is 12.1 Å². The molecule has 1 aliphatic carbocycles. The van der Waals surface area contributed by atoms with Gasteiger partial charge in [0.25, 0.3) is 0 Å². The molecule has 5 nitrogen and oxygen atoms in total. The number of carboxylic acids is 1. The first kappa shape index (κ1) is 20.0. The average molecular weight is 470 g/mol. The number of alkyl halides is 3. The fourth-order valence-electron chi connectivity index (χ4n) is 2.94. The number of nitrogens with zero attached hydrogens (tertiary/aromatic N) is 2. The van der Waals surface area contributed by atoms with Crippen molar-refractivity contribution < 1.29 is 28.2 Å². The lowest BCUT2D eigenvalue weighted by atomic mass is 9.84. The van der Waals surface area contributed by atoms with Crippen LogP contribution in [-0.4, -0.2) is 31.7 Å². The van der Waals surface area contributed by atoms with Crippen molar-refractivity contribution in [2.24, 2.45) is 5.92 Å². The van der Waals surface area contributed by atoms with E-state index in [0.29, 0.717) is 5.92 Å². The molecule has 138 valence electrons. The number of rotatable bonds is 2. The van der Waals surface area contributed by atoms with Crippen molar-refractivity contribution in [1.29, 1.82) is 0 Å². The molecule has 2 aromatic heterocycles. The van der Waals surface area contributed by atoms with Crippen molar-refractivity contribution in [3.63, 3.8) is 0 Å². The smallest absolute Gasteiger partial charge is 0.475 e. The number of fused-ring (bicyclic) bond motifs is 1. The van der Waals surface area contributed by atoms with E-state index >= 15 is 0 Å². The fraction of sp³-hybridized carbons (Fsp3) is 0.500. The molecule has 1 aliphatic rings. The topological polar surface area (TPSA) is 74.8 Å². The molecule has 0 spiro atoms. The summed E-state index contributed by atoms with van der Waals surface area (Å²) in [5, 5.41) is 17.8. The largest absolute Gasteiger partial charge is 0.490 e. The lowest BCUT2D eigenvalue weighted by Crippen LogP contribution is -2.21. The maximum absolute atomic E-state index is 10.6. The second-order valence-corrected chi connectivity index (χ2v) is 7.18. The van der Waals surface area contributed by atoms with Gasteiger partial charge in [-0.25, -0.2) is 9.78 Å². The van der Waals surface area contributed by atoms with E-state index in [9.17, 15) is 18.3 Å². The Morgan fingerprint density at radius 3 is 2.44 bits per heavy atom. The van der Waals surface area contributed by atoms with Gasteiger partial charge in [-0.3, -0.25) is 0 Å². The van der Waals surface area contributed by atoms with Crippen molar-refractivity contribution in [1.82, 2.24) is 9.38 Å². The molecule has 0 radical (unpaired) electrons. The third kappa shape index (κ3) is 5.30. The number of aliphatic hydroxyl groups excluding tert-OH is 1. The predicted molar refractivity (Wildman–Crippen MR) is 93.1 cm³/mol. The summed E-state index contributed by atoms with van der Waals surface area (Å²) in [6.07, 6.45) is 4.29. The lowest BCUT2D eigenvalue weighted by molar-refractivity contribution is -0.192. The molecule has 3 rings (SSSR count). The third-order valence-electron chi connectivity index (χ3n) is 4.16. The summed E-state index contributed by atoms with van der Waals surface area (Å²) in [5.74, 6) is -2.35. The molecule has 0 saturated heterocycles. The summed E-state index contributed by atoms with van der Waals surface area (Å²) < 4.78 is 34.9. The number of aromatic nitrogens is 2. The van der Waals surface area contributed by atoms with E-state index in [-0.39, 0.29) is 6.10 Å². The molecule has 0 aliphatic heterocycles. The molecule has 2 heterocycles. The van der Waals surface area contributed by atoms with Gasteiger partial charge in [-0.05, 0) is 53.5 Å². The average Bonchev–Trinajstić information content (AvgIpc) is 3.02. The number of hydrogen-bond donors (Lipinski definition) is 2. The van der Waals surface area contributed by atoms with Crippen LogP contribution in [-0.2, 0) is 4.79 Å². The van der Waals surface area contributed by atoms with Crippen LogP contribution in [0.2, 0.25) is 0 Å². The Morgan fingerprint density at radius 2 is 1.88 bits per heavy atom. The molecule has 1 atom stereocenters. The van der Waals surface area contributed by atoms with Crippen LogP contribution in [0.4, 0.5) is 13.2 Å². The van der Waals surface area contributed by atoms with Gasteiger partial charge in [0.2, 0.25) is 0 Å². The molecule has 2 N–H and O–H groups in total. The first-order chi connectivity index (χ1) is 11.7. The normalized spacial score (nSPS) is 17.0. The molecular formula is C16H18F3IN2O3. The van der Waals surface area contributed by atoms with Gasteiger partial charge in [0.1, 0.15) is 0 Å². The van der Waals surface area contributed by atoms with E-state index in [1.807, 2.05) is 10.6 Å².